The third-order valence-corrected chi connectivity index (χ3v) is 2.45. The van der Waals surface area contributed by atoms with Gasteiger partial charge in [-0.3, -0.25) is 14.9 Å². The average Bonchev–Trinajstić information content (AvgIpc) is 2.28. The Morgan fingerprint density at radius 2 is 2.11 bits per heavy atom. The largest absolute Gasteiger partial charge is 0.393 e. The molecule has 0 saturated heterocycles. The molecule has 98 valence electrons. The summed E-state index contributed by atoms with van der Waals surface area (Å²) < 4.78 is 0. The summed E-state index contributed by atoms with van der Waals surface area (Å²) in [6.45, 7) is 3.78. The topological polar surface area (TPSA) is 124 Å². The summed E-state index contributed by atoms with van der Waals surface area (Å²) in [6, 6.07) is 3.92. The van der Waals surface area contributed by atoms with E-state index in [-0.39, 0.29) is 23.5 Å². The van der Waals surface area contributed by atoms with Crippen molar-refractivity contribution in [2.45, 2.75) is 19.4 Å². The summed E-state index contributed by atoms with van der Waals surface area (Å²) in [5.74, 6) is -0.423. The van der Waals surface area contributed by atoms with Crippen LogP contribution in [0.4, 0.5) is 11.4 Å². The van der Waals surface area contributed by atoms with E-state index >= 15 is 0 Å². The van der Waals surface area contributed by atoms with Gasteiger partial charge in [-0.2, -0.15) is 0 Å². The number of nitrogens with one attached hydrogen (secondary N) is 1. The molecule has 0 atom stereocenters. The fraction of sp³-hybridized carbons (Fsp3) is 0.364. The molecule has 0 aliphatic rings. The monoisotopic (exact) mass is 252 g/mol. The number of nitrogens with two attached hydrogens (primary N) is 2. The molecule has 0 aromatic heterocycles. The van der Waals surface area contributed by atoms with Crippen LogP contribution in [0, 0.1) is 10.1 Å². The van der Waals surface area contributed by atoms with E-state index in [2.05, 4.69) is 5.32 Å². The Bertz CT molecular complexity index is 485. The van der Waals surface area contributed by atoms with E-state index < -0.39 is 16.4 Å². The molecule has 1 aromatic rings. The minimum atomic E-state index is -0.625. The van der Waals surface area contributed by atoms with E-state index in [1.54, 1.807) is 13.8 Å². The molecule has 1 amide bonds. The van der Waals surface area contributed by atoms with Crippen LogP contribution in [0.3, 0.4) is 0 Å². The molecule has 0 spiro atoms. The number of amides is 1. The van der Waals surface area contributed by atoms with Gasteiger partial charge in [0.2, 0.25) is 0 Å². The van der Waals surface area contributed by atoms with Gasteiger partial charge in [0.1, 0.15) is 5.69 Å². The number of nitro groups is 1. The smallest absolute Gasteiger partial charge is 0.292 e. The van der Waals surface area contributed by atoms with Crippen LogP contribution >= 0.6 is 0 Å². The van der Waals surface area contributed by atoms with Crippen molar-refractivity contribution in [2.24, 2.45) is 5.73 Å². The SMILES string of the molecule is CC(C)(CN)NC(=O)c1ccc(N)c([N+](=O)[O-])c1. The maximum atomic E-state index is 11.9. The average molecular weight is 252 g/mol. The summed E-state index contributed by atoms with van der Waals surface area (Å²) in [6.07, 6.45) is 0. The number of nitro benzene ring substituents is 1. The minimum Gasteiger partial charge on any atom is -0.393 e. The van der Waals surface area contributed by atoms with E-state index in [1.807, 2.05) is 0 Å². The van der Waals surface area contributed by atoms with Crippen molar-refractivity contribution in [1.29, 1.82) is 0 Å². The Balaban J connectivity index is 3.01. The molecule has 0 aliphatic heterocycles. The lowest BCUT2D eigenvalue weighted by Crippen LogP contribution is -2.48. The Morgan fingerprint density at radius 1 is 1.50 bits per heavy atom. The van der Waals surface area contributed by atoms with Gasteiger partial charge in [0.05, 0.1) is 4.92 Å². The molecule has 0 unspecified atom stereocenters. The van der Waals surface area contributed by atoms with Crippen LogP contribution in [-0.4, -0.2) is 22.9 Å². The second-order valence-electron chi connectivity index (χ2n) is 4.57. The summed E-state index contributed by atoms with van der Waals surface area (Å²) in [7, 11) is 0. The first-order chi connectivity index (χ1) is 8.26. The quantitative estimate of drug-likeness (QED) is 0.412. The maximum Gasteiger partial charge on any atom is 0.292 e. The van der Waals surface area contributed by atoms with Crippen LogP contribution in [0.15, 0.2) is 18.2 Å². The lowest BCUT2D eigenvalue weighted by atomic mass is 10.0. The van der Waals surface area contributed by atoms with Crippen molar-refractivity contribution in [2.75, 3.05) is 12.3 Å². The van der Waals surface area contributed by atoms with E-state index in [1.165, 1.54) is 12.1 Å². The van der Waals surface area contributed by atoms with Gasteiger partial charge in [0, 0.05) is 23.7 Å². The van der Waals surface area contributed by atoms with E-state index in [0.717, 1.165) is 6.07 Å². The second kappa shape index (κ2) is 5.01. The zero-order valence-corrected chi connectivity index (χ0v) is 10.3. The molecule has 1 aromatic carbocycles. The van der Waals surface area contributed by atoms with Crippen molar-refractivity contribution in [3.8, 4) is 0 Å². The highest BCUT2D eigenvalue weighted by Gasteiger charge is 2.21. The van der Waals surface area contributed by atoms with Gasteiger partial charge in [-0.1, -0.05) is 0 Å². The maximum absolute atomic E-state index is 11.9. The number of carbonyl (C=O) groups excluding carboxylic acids is 1. The molecule has 0 radical (unpaired) electrons. The number of nitrogen functional groups attached to an aromatic ring is 1. The van der Waals surface area contributed by atoms with Crippen molar-refractivity contribution in [1.82, 2.24) is 5.32 Å². The summed E-state index contributed by atoms with van der Waals surface area (Å²) in [5.41, 5.74) is 10.3. The first-order valence-electron chi connectivity index (χ1n) is 5.33. The van der Waals surface area contributed by atoms with Crippen molar-refractivity contribution < 1.29 is 9.72 Å². The molecule has 5 N–H and O–H groups in total. The van der Waals surface area contributed by atoms with Gasteiger partial charge in [-0.15, -0.1) is 0 Å². The minimum absolute atomic E-state index is 0.0228. The van der Waals surface area contributed by atoms with Crippen molar-refractivity contribution in [3.63, 3.8) is 0 Å². The predicted octanol–water partition coefficient (Wildman–Crippen LogP) is 0.644. The number of benzene rings is 1. The molecule has 0 fully saturated rings. The zero-order valence-electron chi connectivity index (χ0n) is 10.3. The van der Waals surface area contributed by atoms with E-state index in [9.17, 15) is 14.9 Å². The molecule has 0 saturated carbocycles. The number of rotatable bonds is 4. The lowest BCUT2D eigenvalue weighted by molar-refractivity contribution is -0.383. The molecule has 0 aliphatic carbocycles. The molecule has 7 nitrogen and oxygen atoms in total. The summed E-state index contributed by atoms with van der Waals surface area (Å²) in [4.78, 5) is 22.0. The van der Waals surface area contributed by atoms with Gasteiger partial charge in [0.15, 0.2) is 0 Å². The standard InChI is InChI=1S/C11H16N4O3/c1-11(2,6-12)14-10(16)7-3-4-8(13)9(5-7)15(17)18/h3-5H,6,12-13H2,1-2H3,(H,14,16). The molecule has 7 heteroatoms. The van der Waals surface area contributed by atoms with E-state index in [4.69, 9.17) is 11.5 Å². The fourth-order valence-electron chi connectivity index (χ4n) is 1.27. The van der Waals surface area contributed by atoms with Crippen molar-refractivity contribution >= 4 is 17.3 Å². The zero-order chi connectivity index (χ0) is 13.9. The number of carbonyl (C=O) groups is 1. The van der Waals surface area contributed by atoms with Gasteiger partial charge in [-0.25, -0.2) is 0 Å². The van der Waals surface area contributed by atoms with E-state index in [0.29, 0.717) is 0 Å². The van der Waals surface area contributed by atoms with Crippen molar-refractivity contribution in [3.05, 3.63) is 33.9 Å². The normalized spacial score (nSPS) is 11.1. The van der Waals surface area contributed by atoms with Gasteiger partial charge in [-0.05, 0) is 26.0 Å². The van der Waals surface area contributed by atoms with Crippen LogP contribution < -0.4 is 16.8 Å². The second-order valence-corrected chi connectivity index (χ2v) is 4.57. The highest BCUT2D eigenvalue weighted by molar-refractivity contribution is 5.96. The van der Waals surface area contributed by atoms with Crippen LogP contribution in [-0.2, 0) is 0 Å². The number of anilines is 1. The molecule has 1 rings (SSSR count). The Morgan fingerprint density at radius 3 is 2.61 bits per heavy atom. The first kappa shape index (κ1) is 13.9. The Hall–Kier alpha value is -2.15. The number of hydrogen-bond donors (Lipinski definition) is 3. The first-order valence-corrected chi connectivity index (χ1v) is 5.33. The Labute approximate surface area is 104 Å². The number of nitrogens with zero attached hydrogens (tertiary/aromatic N) is 1. The van der Waals surface area contributed by atoms with Gasteiger partial charge >= 0.3 is 0 Å². The molecule has 18 heavy (non-hydrogen) atoms. The number of hydrogen-bond acceptors (Lipinski definition) is 5. The third-order valence-electron chi connectivity index (χ3n) is 2.45. The fourth-order valence-corrected chi connectivity index (χ4v) is 1.27. The molecule has 0 bridgehead atoms. The highest BCUT2D eigenvalue weighted by Crippen LogP contribution is 2.22. The molecular weight excluding hydrogens is 236 g/mol. The third kappa shape index (κ3) is 3.17. The van der Waals surface area contributed by atoms with Crippen LogP contribution in [0.5, 0.6) is 0 Å². The predicted molar refractivity (Wildman–Crippen MR) is 68.1 cm³/mol. The Kier molecular flexibility index (Phi) is 3.87. The lowest BCUT2D eigenvalue weighted by Gasteiger charge is -2.24. The van der Waals surface area contributed by atoms with Gasteiger partial charge < -0.3 is 16.8 Å². The van der Waals surface area contributed by atoms with Crippen LogP contribution in [0.25, 0.3) is 0 Å². The van der Waals surface area contributed by atoms with Gasteiger partial charge in [0.25, 0.3) is 11.6 Å². The van der Waals surface area contributed by atoms with Crippen LogP contribution in [0.1, 0.15) is 24.2 Å². The summed E-state index contributed by atoms with van der Waals surface area (Å²) >= 11 is 0. The summed E-state index contributed by atoms with van der Waals surface area (Å²) in [5, 5.41) is 13.4. The molecular formula is C11H16N4O3. The highest BCUT2D eigenvalue weighted by atomic mass is 16.6. The molecule has 0 heterocycles. The van der Waals surface area contributed by atoms with Crippen LogP contribution in [0.2, 0.25) is 0 Å².